The van der Waals surface area contributed by atoms with Crippen molar-refractivity contribution in [2.45, 2.75) is 32.6 Å². The van der Waals surface area contributed by atoms with Gasteiger partial charge in [-0.05, 0) is 56.9 Å². The van der Waals surface area contributed by atoms with Gasteiger partial charge in [-0.3, -0.25) is 0 Å². The largest absolute Gasteiger partial charge is 0.497 e. The van der Waals surface area contributed by atoms with Gasteiger partial charge in [0.1, 0.15) is 17.4 Å². The van der Waals surface area contributed by atoms with E-state index in [1.165, 1.54) is 24.1 Å². The third-order valence-electron chi connectivity index (χ3n) is 3.65. The zero-order valence-electron chi connectivity index (χ0n) is 11.9. The predicted octanol–water partition coefficient (Wildman–Crippen LogP) is 3.42. The summed E-state index contributed by atoms with van der Waals surface area (Å²) < 4.78 is 5.18. The summed E-state index contributed by atoms with van der Waals surface area (Å²) >= 11 is 0. The first-order valence-electron chi connectivity index (χ1n) is 7.04. The van der Waals surface area contributed by atoms with Gasteiger partial charge in [0.25, 0.3) is 0 Å². The maximum atomic E-state index is 5.18. The quantitative estimate of drug-likeness (QED) is 0.927. The highest BCUT2D eigenvalue weighted by Crippen LogP contribution is 2.28. The standard InChI is InChI=1S/C16H19N3O/c1-11-17-15-6-4-3-5-14(15)16(18-11)19-12-7-9-13(20-2)10-8-12/h7-10H,3-6H2,1-2H3,(H,17,18,19). The summed E-state index contributed by atoms with van der Waals surface area (Å²) in [4.78, 5) is 9.14. The van der Waals surface area contributed by atoms with E-state index in [4.69, 9.17) is 4.74 Å². The molecule has 0 bridgehead atoms. The van der Waals surface area contributed by atoms with Crippen molar-refractivity contribution >= 4 is 11.5 Å². The van der Waals surface area contributed by atoms with Crippen LogP contribution in [-0.2, 0) is 12.8 Å². The van der Waals surface area contributed by atoms with E-state index in [0.29, 0.717) is 0 Å². The Hall–Kier alpha value is -2.10. The van der Waals surface area contributed by atoms with Crippen molar-refractivity contribution in [3.05, 3.63) is 41.3 Å². The van der Waals surface area contributed by atoms with Gasteiger partial charge in [0.05, 0.1) is 7.11 Å². The second kappa shape index (κ2) is 5.49. The number of aryl methyl sites for hydroxylation is 2. The molecular weight excluding hydrogens is 250 g/mol. The Labute approximate surface area is 119 Å². The summed E-state index contributed by atoms with van der Waals surface area (Å²) in [5.41, 5.74) is 3.51. The lowest BCUT2D eigenvalue weighted by Gasteiger charge is -2.19. The number of ether oxygens (including phenoxy) is 1. The smallest absolute Gasteiger partial charge is 0.137 e. The molecular formula is C16H19N3O. The minimum Gasteiger partial charge on any atom is -0.497 e. The third kappa shape index (κ3) is 2.59. The fraction of sp³-hybridized carbons (Fsp3) is 0.375. The number of benzene rings is 1. The minimum atomic E-state index is 0.835. The van der Waals surface area contributed by atoms with Crippen LogP contribution in [0, 0.1) is 6.92 Å². The van der Waals surface area contributed by atoms with E-state index in [2.05, 4.69) is 15.3 Å². The van der Waals surface area contributed by atoms with E-state index in [1.807, 2.05) is 31.2 Å². The van der Waals surface area contributed by atoms with Crippen molar-refractivity contribution < 1.29 is 4.74 Å². The van der Waals surface area contributed by atoms with E-state index < -0.39 is 0 Å². The molecule has 1 aliphatic rings. The maximum Gasteiger partial charge on any atom is 0.137 e. The van der Waals surface area contributed by atoms with Crippen LogP contribution in [0.1, 0.15) is 29.9 Å². The first-order valence-corrected chi connectivity index (χ1v) is 7.04. The van der Waals surface area contributed by atoms with Crippen molar-refractivity contribution in [3.8, 4) is 5.75 Å². The molecule has 1 N–H and O–H groups in total. The van der Waals surface area contributed by atoms with Gasteiger partial charge in [-0.15, -0.1) is 0 Å². The van der Waals surface area contributed by atoms with Gasteiger partial charge in [0.15, 0.2) is 0 Å². The van der Waals surface area contributed by atoms with Crippen molar-refractivity contribution in [1.29, 1.82) is 0 Å². The molecule has 20 heavy (non-hydrogen) atoms. The SMILES string of the molecule is COc1ccc(Nc2nc(C)nc3c2CCCC3)cc1. The Morgan fingerprint density at radius 2 is 1.80 bits per heavy atom. The number of aromatic nitrogens is 2. The first-order chi connectivity index (χ1) is 9.76. The molecule has 2 aromatic rings. The molecule has 1 aromatic heterocycles. The first kappa shape index (κ1) is 12.9. The van der Waals surface area contributed by atoms with Crippen LogP contribution in [-0.4, -0.2) is 17.1 Å². The van der Waals surface area contributed by atoms with Gasteiger partial charge in [0.2, 0.25) is 0 Å². The number of rotatable bonds is 3. The predicted molar refractivity (Wildman–Crippen MR) is 79.7 cm³/mol. The highest BCUT2D eigenvalue weighted by atomic mass is 16.5. The Balaban J connectivity index is 1.91. The molecule has 104 valence electrons. The summed E-state index contributed by atoms with van der Waals surface area (Å²) in [7, 11) is 1.67. The third-order valence-corrected chi connectivity index (χ3v) is 3.65. The lowest BCUT2D eigenvalue weighted by Crippen LogP contribution is -2.11. The van der Waals surface area contributed by atoms with Gasteiger partial charge in [-0.2, -0.15) is 0 Å². The van der Waals surface area contributed by atoms with Crippen molar-refractivity contribution in [3.63, 3.8) is 0 Å². The van der Waals surface area contributed by atoms with Crippen LogP contribution in [0.25, 0.3) is 0 Å². The summed E-state index contributed by atoms with van der Waals surface area (Å²) in [6, 6.07) is 7.91. The van der Waals surface area contributed by atoms with Crippen molar-refractivity contribution in [1.82, 2.24) is 9.97 Å². The topological polar surface area (TPSA) is 47.0 Å². The molecule has 4 nitrogen and oxygen atoms in total. The van der Waals surface area contributed by atoms with E-state index in [9.17, 15) is 0 Å². The summed E-state index contributed by atoms with van der Waals surface area (Å²) in [5, 5.41) is 3.42. The molecule has 1 aliphatic carbocycles. The van der Waals surface area contributed by atoms with Crippen LogP contribution in [0.5, 0.6) is 5.75 Å². The average molecular weight is 269 g/mol. The normalized spacial score (nSPS) is 13.7. The summed E-state index contributed by atoms with van der Waals surface area (Å²) in [6.07, 6.45) is 4.58. The maximum absolute atomic E-state index is 5.18. The second-order valence-corrected chi connectivity index (χ2v) is 5.11. The van der Waals surface area contributed by atoms with Gasteiger partial charge in [-0.1, -0.05) is 0 Å². The second-order valence-electron chi connectivity index (χ2n) is 5.11. The number of hydrogen-bond donors (Lipinski definition) is 1. The van der Waals surface area contributed by atoms with Gasteiger partial charge in [-0.25, -0.2) is 9.97 Å². The van der Waals surface area contributed by atoms with E-state index in [1.54, 1.807) is 7.11 Å². The molecule has 4 heteroatoms. The lowest BCUT2D eigenvalue weighted by atomic mass is 9.96. The summed E-state index contributed by atoms with van der Waals surface area (Å²) in [5.74, 6) is 2.65. The average Bonchev–Trinajstić information content (AvgIpc) is 2.48. The molecule has 0 amide bonds. The Morgan fingerprint density at radius 1 is 1.05 bits per heavy atom. The van der Waals surface area contributed by atoms with E-state index >= 15 is 0 Å². The molecule has 0 saturated carbocycles. The number of nitrogens with one attached hydrogen (secondary N) is 1. The fourth-order valence-corrected chi connectivity index (χ4v) is 2.63. The minimum absolute atomic E-state index is 0.835. The molecule has 0 fully saturated rings. The fourth-order valence-electron chi connectivity index (χ4n) is 2.63. The molecule has 0 radical (unpaired) electrons. The number of anilines is 2. The number of methoxy groups -OCH3 is 1. The molecule has 0 spiro atoms. The molecule has 3 rings (SSSR count). The Morgan fingerprint density at radius 3 is 2.55 bits per heavy atom. The number of nitrogens with zero attached hydrogens (tertiary/aromatic N) is 2. The Kier molecular flexibility index (Phi) is 3.54. The van der Waals surface area contributed by atoms with Crippen LogP contribution < -0.4 is 10.1 Å². The van der Waals surface area contributed by atoms with Gasteiger partial charge >= 0.3 is 0 Å². The van der Waals surface area contributed by atoms with E-state index in [-0.39, 0.29) is 0 Å². The van der Waals surface area contributed by atoms with Crippen LogP contribution in [0.3, 0.4) is 0 Å². The van der Waals surface area contributed by atoms with Crippen LogP contribution >= 0.6 is 0 Å². The molecule has 0 atom stereocenters. The zero-order chi connectivity index (χ0) is 13.9. The van der Waals surface area contributed by atoms with Gasteiger partial charge < -0.3 is 10.1 Å². The lowest BCUT2D eigenvalue weighted by molar-refractivity contribution is 0.415. The molecule has 1 heterocycles. The number of fused-ring (bicyclic) bond motifs is 1. The highest BCUT2D eigenvalue weighted by Gasteiger charge is 2.16. The van der Waals surface area contributed by atoms with E-state index in [0.717, 1.165) is 35.9 Å². The highest BCUT2D eigenvalue weighted by molar-refractivity contribution is 5.61. The number of hydrogen-bond acceptors (Lipinski definition) is 4. The zero-order valence-corrected chi connectivity index (χ0v) is 11.9. The van der Waals surface area contributed by atoms with Crippen LogP contribution in [0.2, 0.25) is 0 Å². The van der Waals surface area contributed by atoms with Crippen LogP contribution in [0.15, 0.2) is 24.3 Å². The summed E-state index contributed by atoms with van der Waals surface area (Å²) in [6.45, 7) is 1.95. The van der Waals surface area contributed by atoms with Gasteiger partial charge in [0, 0.05) is 16.9 Å². The van der Waals surface area contributed by atoms with Crippen LogP contribution in [0.4, 0.5) is 11.5 Å². The van der Waals surface area contributed by atoms with Crippen molar-refractivity contribution in [2.75, 3.05) is 12.4 Å². The molecule has 1 aromatic carbocycles. The molecule has 0 unspecified atom stereocenters. The molecule has 0 saturated heterocycles. The molecule has 0 aliphatic heterocycles. The Bertz CT molecular complexity index is 608. The van der Waals surface area contributed by atoms with Crippen molar-refractivity contribution in [2.24, 2.45) is 0 Å². The monoisotopic (exact) mass is 269 g/mol.